The average molecular weight is 475 g/mol. The van der Waals surface area contributed by atoms with Gasteiger partial charge in [-0.3, -0.25) is 9.78 Å². The number of fused-ring (bicyclic) bond motifs is 1. The van der Waals surface area contributed by atoms with Crippen molar-refractivity contribution in [2.24, 2.45) is 0 Å². The van der Waals surface area contributed by atoms with Crippen molar-refractivity contribution in [1.29, 1.82) is 0 Å². The van der Waals surface area contributed by atoms with Gasteiger partial charge in [-0.15, -0.1) is 0 Å². The van der Waals surface area contributed by atoms with E-state index in [1.165, 1.54) is 32.4 Å². The second-order valence-corrected chi connectivity index (χ2v) is 8.47. The number of hydrogen-bond donors (Lipinski definition) is 2. The summed E-state index contributed by atoms with van der Waals surface area (Å²) in [7, 11) is 2.97. The Morgan fingerprint density at radius 1 is 1.14 bits per heavy atom. The van der Waals surface area contributed by atoms with Crippen molar-refractivity contribution < 1.29 is 23.8 Å². The zero-order chi connectivity index (χ0) is 25.2. The molecule has 2 N–H and O–H groups in total. The molecule has 0 aliphatic heterocycles. The molecule has 1 aromatic heterocycles. The predicted molar refractivity (Wildman–Crippen MR) is 132 cm³/mol. The Hall–Kier alpha value is -3.97. The van der Waals surface area contributed by atoms with Gasteiger partial charge in [-0.1, -0.05) is 12.1 Å². The van der Waals surface area contributed by atoms with E-state index in [4.69, 9.17) is 9.47 Å². The number of carbonyl (C=O) groups excluding carboxylic acids is 1. The van der Waals surface area contributed by atoms with Gasteiger partial charge in [0.2, 0.25) is 5.91 Å². The summed E-state index contributed by atoms with van der Waals surface area (Å²) in [6.45, 7) is 3.77. The molecule has 0 bridgehead atoms. The third-order valence-corrected chi connectivity index (χ3v) is 6.12. The first-order chi connectivity index (χ1) is 16.7. The van der Waals surface area contributed by atoms with Gasteiger partial charge in [-0.05, 0) is 89.8 Å². The summed E-state index contributed by atoms with van der Waals surface area (Å²) in [4.78, 5) is 16.9. The first kappa shape index (κ1) is 24.2. The highest BCUT2D eigenvalue weighted by Crippen LogP contribution is 2.43. The molecule has 0 radical (unpaired) electrons. The van der Waals surface area contributed by atoms with Crippen LogP contribution >= 0.6 is 0 Å². The number of nitrogens with zero attached hydrogens (tertiary/aromatic N) is 1. The van der Waals surface area contributed by atoms with Crippen LogP contribution in [0.1, 0.15) is 30.7 Å². The van der Waals surface area contributed by atoms with Gasteiger partial charge in [0, 0.05) is 12.3 Å². The highest BCUT2D eigenvalue weighted by molar-refractivity contribution is 6.08. The summed E-state index contributed by atoms with van der Waals surface area (Å²) in [6, 6.07) is 10.0. The number of nitrogens with one attached hydrogen (secondary N) is 1. The van der Waals surface area contributed by atoms with Crippen LogP contribution in [0.2, 0.25) is 0 Å². The third kappa shape index (κ3) is 4.81. The number of amides is 1. The number of benzene rings is 1. The number of aliphatic hydroxyl groups is 1. The fourth-order valence-electron chi connectivity index (χ4n) is 4.27. The molecule has 7 heteroatoms. The fourth-order valence-corrected chi connectivity index (χ4v) is 4.27. The van der Waals surface area contributed by atoms with Crippen LogP contribution in [0.25, 0.3) is 11.1 Å². The molecule has 2 aliphatic carbocycles. The van der Waals surface area contributed by atoms with E-state index < -0.39 is 5.60 Å². The van der Waals surface area contributed by atoms with Crippen molar-refractivity contribution in [3.63, 3.8) is 0 Å². The SMILES string of the molecule is COC1=CC(=CC2=C(C)C(=CC(=O)NCc3ccccn3)c3cc(F)ccc32)C=C(OC)C1(C)O. The third-order valence-electron chi connectivity index (χ3n) is 6.12. The van der Waals surface area contributed by atoms with Crippen LogP contribution in [0, 0.1) is 5.82 Å². The van der Waals surface area contributed by atoms with Crippen LogP contribution < -0.4 is 5.32 Å². The highest BCUT2D eigenvalue weighted by Gasteiger charge is 2.36. The molecule has 0 fully saturated rings. The van der Waals surface area contributed by atoms with Crippen LogP contribution in [0.3, 0.4) is 0 Å². The Morgan fingerprint density at radius 2 is 1.86 bits per heavy atom. The molecule has 35 heavy (non-hydrogen) atoms. The van der Waals surface area contributed by atoms with Gasteiger partial charge in [-0.25, -0.2) is 4.39 Å². The number of carbonyl (C=O) groups is 1. The second-order valence-electron chi connectivity index (χ2n) is 8.47. The summed E-state index contributed by atoms with van der Waals surface area (Å²) in [6.07, 6.45) is 8.52. The molecule has 180 valence electrons. The van der Waals surface area contributed by atoms with Gasteiger partial charge in [0.15, 0.2) is 5.60 Å². The van der Waals surface area contributed by atoms with Gasteiger partial charge < -0.3 is 19.9 Å². The van der Waals surface area contributed by atoms with Crippen LogP contribution in [-0.4, -0.2) is 35.8 Å². The van der Waals surface area contributed by atoms with Crippen LogP contribution in [0.15, 0.2) is 89.6 Å². The maximum Gasteiger partial charge on any atom is 0.244 e. The lowest BCUT2D eigenvalue weighted by atomic mass is 9.91. The smallest absolute Gasteiger partial charge is 0.244 e. The van der Waals surface area contributed by atoms with Gasteiger partial charge in [0.25, 0.3) is 0 Å². The monoisotopic (exact) mass is 474 g/mol. The van der Waals surface area contributed by atoms with E-state index in [0.717, 1.165) is 28.0 Å². The molecular formula is C28H27FN2O4. The maximum absolute atomic E-state index is 14.2. The number of pyridine rings is 1. The van der Waals surface area contributed by atoms with Gasteiger partial charge >= 0.3 is 0 Å². The molecular weight excluding hydrogens is 447 g/mol. The Balaban J connectivity index is 1.73. The normalized spacial score (nSPS) is 20.3. The molecule has 4 rings (SSSR count). The van der Waals surface area contributed by atoms with E-state index in [1.54, 1.807) is 31.3 Å². The van der Waals surface area contributed by atoms with E-state index >= 15 is 0 Å². The van der Waals surface area contributed by atoms with Crippen LogP contribution in [0.4, 0.5) is 4.39 Å². The molecule has 2 aliphatic rings. The topological polar surface area (TPSA) is 80.7 Å². The lowest BCUT2D eigenvalue weighted by molar-refractivity contribution is -0.116. The Kier molecular flexibility index (Phi) is 6.71. The molecule has 2 aromatic rings. The largest absolute Gasteiger partial charge is 0.498 e. The minimum atomic E-state index is -1.39. The van der Waals surface area contributed by atoms with Gasteiger partial charge in [-0.2, -0.15) is 0 Å². The molecule has 1 heterocycles. The van der Waals surface area contributed by atoms with Crippen molar-refractivity contribution in [2.45, 2.75) is 26.0 Å². The van der Waals surface area contributed by atoms with Gasteiger partial charge in [0.1, 0.15) is 17.3 Å². The molecule has 0 atom stereocenters. The summed E-state index contributed by atoms with van der Waals surface area (Å²) >= 11 is 0. The zero-order valence-electron chi connectivity index (χ0n) is 20.1. The van der Waals surface area contributed by atoms with Crippen LogP contribution in [-0.2, 0) is 20.8 Å². The van der Waals surface area contributed by atoms with Crippen molar-refractivity contribution in [2.75, 3.05) is 14.2 Å². The number of rotatable bonds is 6. The first-order valence-electron chi connectivity index (χ1n) is 11.1. The lowest BCUT2D eigenvalue weighted by Crippen LogP contribution is -2.33. The number of hydrogen-bond acceptors (Lipinski definition) is 5. The summed E-state index contributed by atoms with van der Waals surface area (Å²) in [5, 5.41) is 13.6. The second kappa shape index (κ2) is 9.72. The Bertz CT molecular complexity index is 1290. The van der Waals surface area contributed by atoms with E-state index in [0.29, 0.717) is 22.7 Å². The van der Waals surface area contributed by atoms with Gasteiger partial charge in [0.05, 0.1) is 26.5 Å². The number of allylic oxidation sites excluding steroid dienone is 7. The van der Waals surface area contributed by atoms with Crippen molar-refractivity contribution in [1.82, 2.24) is 10.3 Å². The number of methoxy groups -OCH3 is 2. The minimum Gasteiger partial charge on any atom is -0.498 e. The minimum absolute atomic E-state index is 0.286. The molecule has 0 spiro atoms. The standard InChI is InChI=1S/C28H27FN2O4/c1-17-22(11-18-12-25(34-3)28(2,33)26(13-18)35-4)21-9-8-19(29)14-24(21)23(17)15-27(32)31-16-20-7-5-6-10-30-20/h5-15,33H,16H2,1-4H3,(H,31,32). The van der Waals surface area contributed by atoms with Crippen molar-refractivity contribution in [3.8, 4) is 0 Å². The number of aromatic nitrogens is 1. The molecule has 1 amide bonds. The number of halogens is 1. The number of ether oxygens (including phenoxy) is 2. The Labute approximate surface area is 203 Å². The maximum atomic E-state index is 14.2. The first-order valence-corrected chi connectivity index (χ1v) is 11.1. The molecule has 0 saturated heterocycles. The van der Waals surface area contributed by atoms with E-state index in [9.17, 15) is 14.3 Å². The molecule has 0 unspecified atom stereocenters. The molecule has 0 saturated carbocycles. The van der Waals surface area contributed by atoms with Crippen LogP contribution in [0.5, 0.6) is 0 Å². The highest BCUT2D eigenvalue weighted by atomic mass is 19.1. The summed E-state index contributed by atoms with van der Waals surface area (Å²) in [5.74, 6) is -0.0141. The van der Waals surface area contributed by atoms with Crippen molar-refractivity contribution >= 4 is 17.1 Å². The fraction of sp³-hybridized carbons (Fsp3) is 0.214. The van der Waals surface area contributed by atoms with E-state index in [2.05, 4.69) is 10.3 Å². The van der Waals surface area contributed by atoms with E-state index in [1.807, 2.05) is 31.2 Å². The van der Waals surface area contributed by atoms with Crippen molar-refractivity contribution in [3.05, 3.63) is 112 Å². The Morgan fingerprint density at radius 3 is 2.49 bits per heavy atom. The predicted octanol–water partition coefficient (Wildman–Crippen LogP) is 4.46. The molecule has 1 aromatic carbocycles. The zero-order valence-corrected chi connectivity index (χ0v) is 20.1. The average Bonchev–Trinajstić information content (AvgIpc) is 3.09. The quantitative estimate of drug-likeness (QED) is 0.605. The molecule has 6 nitrogen and oxygen atoms in total. The summed E-state index contributed by atoms with van der Waals surface area (Å²) in [5.41, 5.74) is 3.81. The lowest BCUT2D eigenvalue weighted by Gasteiger charge is -2.30. The van der Waals surface area contributed by atoms with E-state index in [-0.39, 0.29) is 18.3 Å². The summed E-state index contributed by atoms with van der Waals surface area (Å²) < 4.78 is 25.0.